The third-order valence-corrected chi connectivity index (χ3v) is 6.07. The van der Waals surface area contributed by atoms with Gasteiger partial charge in [0, 0.05) is 31.2 Å². The first kappa shape index (κ1) is 16.4. The molecule has 1 saturated carbocycles. The Balaban J connectivity index is 2.36. The predicted molar refractivity (Wildman–Crippen MR) is 81.1 cm³/mol. The Kier molecular flexibility index (Phi) is 4.70. The molecular weight excluding hydrogens is 291 g/mol. The number of halogens is 1. The molecule has 1 aliphatic carbocycles. The molecule has 0 spiro atoms. The summed E-state index contributed by atoms with van der Waals surface area (Å²) in [5, 5.41) is 3.28. The Morgan fingerprint density at radius 2 is 2.00 bits per heavy atom. The zero-order chi connectivity index (χ0) is 15.8. The van der Waals surface area contributed by atoms with Crippen molar-refractivity contribution in [2.24, 2.45) is 0 Å². The molecule has 1 aliphatic rings. The minimum absolute atomic E-state index is 0.0614. The van der Waals surface area contributed by atoms with E-state index in [0.717, 1.165) is 12.8 Å². The Hall–Kier alpha value is -0.980. The average molecular weight is 314 g/mol. The molecule has 0 amide bonds. The van der Waals surface area contributed by atoms with Crippen LogP contribution in [0.25, 0.3) is 0 Å². The van der Waals surface area contributed by atoms with Crippen LogP contribution in [-0.4, -0.2) is 31.9 Å². The summed E-state index contributed by atoms with van der Waals surface area (Å²) in [5.41, 5.74) is 0.846. The van der Waals surface area contributed by atoms with E-state index in [4.69, 9.17) is 0 Å². The molecule has 1 aromatic carbocycles. The maximum atomic E-state index is 14.1. The number of nitrogens with zero attached hydrogens (tertiary/aromatic N) is 1. The molecule has 0 aromatic heterocycles. The molecule has 1 aromatic rings. The highest BCUT2D eigenvalue weighted by Crippen LogP contribution is 2.25. The SMILES string of the molecule is Cc1c(F)cc(CNC2CC2)cc1S(=O)(=O)N(C)C(C)C. The topological polar surface area (TPSA) is 49.4 Å². The molecule has 4 nitrogen and oxygen atoms in total. The Morgan fingerprint density at radius 3 is 2.52 bits per heavy atom. The van der Waals surface area contributed by atoms with Gasteiger partial charge in [-0.1, -0.05) is 0 Å². The van der Waals surface area contributed by atoms with Gasteiger partial charge in [-0.25, -0.2) is 12.8 Å². The summed E-state index contributed by atoms with van der Waals surface area (Å²) in [6, 6.07) is 3.32. The number of hydrogen-bond acceptors (Lipinski definition) is 3. The summed E-state index contributed by atoms with van der Waals surface area (Å²) in [6.07, 6.45) is 2.27. The first-order chi connectivity index (χ1) is 9.73. The number of sulfonamides is 1. The highest BCUT2D eigenvalue weighted by atomic mass is 32.2. The maximum absolute atomic E-state index is 14.1. The highest BCUT2D eigenvalue weighted by Gasteiger charge is 2.27. The highest BCUT2D eigenvalue weighted by molar-refractivity contribution is 7.89. The van der Waals surface area contributed by atoms with E-state index >= 15 is 0 Å². The Bertz CT molecular complexity index is 625. The van der Waals surface area contributed by atoms with Crippen molar-refractivity contribution in [2.75, 3.05) is 7.05 Å². The van der Waals surface area contributed by atoms with Crippen molar-refractivity contribution in [3.8, 4) is 0 Å². The number of nitrogens with one attached hydrogen (secondary N) is 1. The zero-order valence-electron chi connectivity index (χ0n) is 13.0. The summed E-state index contributed by atoms with van der Waals surface area (Å²) >= 11 is 0. The van der Waals surface area contributed by atoms with Crippen LogP contribution in [-0.2, 0) is 16.6 Å². The van der Waals surface area contributed by atoms with Gasteiger partial charge in [0.05, 0.1) is 4.90 Å². The molecule has 2 rings (SSSR count). The lowest BCUT2D eigenvalue weighted by Crippen LogP contribution is -2.33. The van der Waals surface area contributed by atoms with Gasteiger partial charge in [0.15, 0.2) is 0 Å². The number of hydrogen-bond donors (Lipinski definition) is 1. The normalized spacial score (nSPS) is 16.0. The summed E-state index contributed by atoms with van der Waals surface area (Å²) in [7, 11) is -2.15. The molecule has 0 radical (unpaired) electrons. The van der Waals surface area contributed by atoms with Gasteiger partial charge in [0.25, 0.3) is 0 Å². The van der Waals surface area contributed by atoms with E-state index in [1.165, 1.54) is 24.3 Å². The lowest BCUT2D eigenvalue weighted by Gasteiger charge is -2.22. The van der Waals surface area contributed by atoms with Crippen molar-refractivity contribution in [3.05, 3.63) is 29.1 Å². The molecule has 0 saturated heterocycles. The van der Waals surface area contributed by atoms with E-state index in [0.29, 0.717) is 18.2 Å². The van der Waals surface area contributed by atoms with E-state index in [2.05, 4.69) is 5.32 Å². The van der Waals surface area contributed by atoms with Gasteiger partial charge < -0.3 is 5.32 Å². The quantitative estimate of drug-likeness (QED) is 0.877. The largest absolute Gasteiger partial charge is 0.310 e. The van der Waals surface area contributed by atoms with Crippen LogP contribution in [0.4, 0.5) is 4.39 Å². The lowest BCUT2D eigenvalue weighted by molar-refractivity contribution is 0.409. The van der Waals surface area contributed by atoms with E-state index in [1.807, 2.05) is 0 Å². The second kappa shape index (κ2) is 6.02. The number of benzene rings is 1. The van der Waals surface area contributed by atoms with Crippen LogP contribution in [0, 0.1) is 12.7 Å². The second-order valence-electron chi connectivity index (χ2n) is 5.97. The molecule has 6 heteroatoms. The molecule has 0 unspecified atom stereocenters. The van der Waals surface area contributed by atoms with E-state index in [1.54, 1.807) is 19.9 Å². The first-order valence-corrected chi connectivity index (χ1v) is 8.68. The molecule has 0 aliphatic heterocycles. The minimum atomic E-state index is -3.67. The maximum Gasteiger partial charge on any atom is 0.243 e. The third kappa shape index (κ3) is 3.62. The first-order valence-electron chi connectivity index (χ1n) is 7.24. The van der Waals surface area contributed by atoms with Crippen LogP contribution < -0.4 is 5.32 Å². The van der Waals surface area contributed by atoms with E-state index in [-0.39, 0.29) is 16.5 Å². The molecule has 21 heavy (non-hydrogen) atoms. The fourth-order valence-electron chi connectivity index (χ4n) is 2.06. The van der Waals surface area contributed by atoms with Crippen LogP contribution in [0.1, 0.15) is 37.8 Å². The van der Waals surface area contributed by atoms with Crippen molar-refractivity contribution >= 4 is 10.0 Å². The molecule has 1 N–H and O–H groups in total. The molecule has 0 atom stereocenters. The van der Waals surface area contributed by atoms with Crippen LogP contribution >= 0.6 is 0 Å². The van der Waals surface area contributed by atoms with Crippen LogP contribution in [0.5, 0.6) is 0 Å². The minimum Gasteiger partial charge on any atom is -0.310 e. The van der Waals surface area contributed by atoms with Crippen molar-refractivity contribution in [1.29, 1.82) is 0 Å². The monoisotopic (exact) mass is 314 g/mol. The van der Waals surface area contributed by atoms with Crippen LogP contribution in [0.3, 0.4) is 0 Å². The van der Waals surface area contributed by atoms with Gasteiger partial charge in [0.1, 0.15) is 5.82 Å². The second-order valence-corrected chi connectivity index (χ2v) is 7.94. The fourth-order valence-corrected chi connectivity index (χ4v) is 3.71. The Morgan fingerprint density at radius 1 is 1.38 bits per heavy atom. The number of rotatable bonds is 6. The molecular formula is C15H23FN2O2S. The molecule has 118 valence electrons. The lowest BCUT2D eigenvalue weighted by atomic mass is 10.1. The third-order valence-electron chi connectivity index (χ3n) is 3.91. The smallest absolute Gasteiger partial charge is 0.243 e. The van der Waals surface area contributed by atoms with Crippen LogP contribution in [0.2, 0.25) is 0 Å². The molecule has 0 bridgehead atoms. The summed E-state index contributed by atoms with van der Waals surface area (Å²) < 4.78 is 40.5. The zero-order valence-corrected chi connectivity index (χ0v) is 13.8. The van der Waals surface area contributed by atoms with Gasteiger partial charge in [0.2, 0.25) is 10.0 Å². The summed E-state index contributed by atoms with van der Waals surface area (Å²) in [4.78, 5) is 0.0614. The van der Waals surface area contributed by atoms with Crippen molar-refractivity contribution in [1.82, 2.24) is 9.62 Å². The van der Waals surface area contributed by atoms with Gasteiger partial charge in [-0.15, -0.1) is 0 Å². The molecule has 1 fully saturated rings. The Labute approximate surface area is 126 Å². The molecule has 0 heterocycles. The van der Waals surface area contributed by atoms with Gasteiger partial charge >= 0.3 is 0 Å². The van der Waals surface area contributed by atoms with Crippen molar-refractivity contribution < 1.29 is 12.8 Å². The summed E-state index contributed by atoms with van der Waals surface area (Å²) in [6.45, 7) is 5.59. The van der Waals surface area contributed by atoms with Gasteiger partial charge in [-0.05, 0) is 51.3 Å². The van der Waals surface area contributed by atoms with E-state index in [9.17, 15) is 12.8 Å². The van der Waals surface area contributed by atoms with Gasteiger partial charge in [-0.2, -0.15) is 4.31 Å². The average Bonchev–Trinajstić information content (AvgIpc) is 3.22. The fraction of sp³-hybridized carbons (Fsp3) is 0.600. The van der Waals surface area contributed by atoms with Crippen LogP contribution in [0.15, 0.2) is 17.0 Å². The predicted octanol–water partition coefficient (Wildman–Crippen LogP) is 2.42. The summed E-state index contributed by atoms with van der Waals surface area (Å²) in [5.74, 6) is -0.471. The standard InChI is InChI=1S/C15H23FN2O2S/c1-10(2)18(4)21(19,20)15-8-12(7-14(16)11(15)3)9-17-13-5-6-13/h7-8,10,13,17H,5-6,9H2,1-4H3. The van der Waals surface area contributed by atoms with Crippen molar-refractivity contribution in [2.45, 2.75) is 57.1 Å². The van der Waals surface area contributed by atoms with Gasteiger partial charge in [-0.3, -0.25) is 0 Å². The van der Waals surface area contributed by atoms with E-state index < -0.39 is 15.8 Å². The van der Waals surface area contributed by atoms with Crippen molar-refractivity contribution in [3.63, 3.8) is 0 Å².